The Labute approximate surface area is 212 Å². The summed E-state index contributed by atoms with van der Waals surface area (Å²) in [5, 5.41) is 8.76. The van der Waals surface area contributed by atoms with E-state index in [9.17, 15) is 9.59 Å². The van der Waals surface area contributed by atoms with E-state index in [2.05, 4.69) is 13.8 Å². The smallest absolute Gasteiger partial charge is 0.306 e. The second-order valence-electron chi connectivity index (χ2n) is 10.3. The van der Waals surface area contributed by atoms with Crippen molar-refractivity contribution in [3.05, 3.63) is 0 Å². The Morgan fingerprint density at radius 2 is 0.941 bits per heavy atom. The topological polar surface area (TPSA) is 63.6 Å². The van der Waals surface area contributed by atoms with Crippen LogP contribution < -0.4 is 0 Å². The molecule has 4 heteroatoms. The lowest BCUT2D eigenvalue weighted by Crippen LogP contribution is -2.18. The summed E-state index contributed by atoms with van der Waals surface area (Å²) >= 11 is 0. The van der Waals surface area contributed by atoms with Crippen LogP contribution in [0.5, 0.6) is 0 Å². The van der Waals surface area contributed by atoms with E-state index < -0.39 is 5.97 Å². The van der Waals surface area contributed by atoms with Gasteiger partial charge < -0.3 is 9.84 Å². The van der Waals surface area contributed by atoms with E-state index in [1.54, 1.807) is 0 Å². The lowest BCUT2D eigenvalue weighted by atomic mass is 10.0. The molecule has 0 amide bonds. The number of esters is 1. The molecule has 1 atom stereocenters. The zero-order valence-electron chi connectivity index (χ0n) is 22.9. The maximum absolute atomic E-state index is 12.1. The number of ether oxygens (including phenoxy) is 1. The molecule has 34 heavy (non-hydrogen) atoms. The van der Waals surface area contributed by atoms with Crippen LogP contribution >= 0.6 is 0 Å². The van der Waals surface area contributed by atoms with E-state index in [-0.39, 0.29) is 18.5 Å². The first kappa shape index (κ1) is 32.9. The van der Waals surface area contributed by atoms with Gasteiger partial charge in [0.05, 0.1) is 0 Å². The molecule has 202 valence electrons. The largest absolute Gasteiger partial charge is 0.481 e. The van der Waals surface area contributed by atoms with Crippen LogP contribution in [0, 0.1) is 0 Å². The molecule has 0 bridgehead atoms. The molecular weight excluding hydrogens is 424 g/mol. The third-order valence-corrected chi connectivity index (χ3v) is 6.81. The van der Waals surface area contributed by atoms with Crippen LogP contribution in [0.4, 0.5) is 0 Å². The number of aliphatic carboxylic acids is 1. The van der Waals surface area contributed by atoms with E-state index in [4.69, 9.17) is 9.84 Å². The molecule has 0 aromatic rings. The van der Waals surface area contributed by atoms with Crippen molar-refractivity contribution in [2.24, 2.45) is 0 Å². The zero-order valence-corrected chi connectivity index (χ0v) is 22.9. The fourth-order valence-corrected chi connectivity index (χ4v) is 4.66. The van der Waals surface area contributed by atoms with Crippen LogP contribution in [0.25, 0.3) is 0 Å². The molecular formula is C30H58O4. The summed E-state index contributed by atoms with van der Waals surface area (Å²) in [6.45, 7) is 4.35. The molecule has 0 aliphatic carbocycles. The predicted molar refractivity (Wildman–Crippen MR) is 144 cm³/mol. The van der Waals surface area contributed by atoms with Crippen molar-refractivity contribution in [3.63, 3.8) is 0 Å². The van der Waals surface area contributed by atoms with Crippen LogP contribution in [-0.2, 0) is 14.3 Å². The summed E-state index contributed by atoms with van der Waals surface area (Å²) < 4.78 is 5.58. The van der Waals surface area contributed by atoms with Gasteiger partial charge in [0.2, 0.25) is 0 Å². The van der Waals surface area contributed by atoms with Crippen molar-refractivity contribution in [2.75, 3.05) is 0 Å². The molecule has 0 saturated heterocycles. The average Bonchev–Trinajstić information content (AvgIpc) is 2.80. The Kier molecular flexibility index (Phi) is 25.7. The molecule has 1 N–H and O–H groups in total. The molecule has 0 aliphatic rings. The lowest BCUT2D eigenvalue weighted by Gasteiger charge is -2.17. The number of carbonyl (C=O) groups excluding carboxylic acids is 1. The third-order valence-electron chi connectivity index (χ3n) is 6.81. The Hall–Kier alpha value is -1.06. The van der Waals surface area contributed by atoms with Gasteiger partial charge in [-0.25, -0.2) is 0 Å². The molecule has 0 saturated carbocycles. The van der Waals surface area contributed by atoms with Crippen LogP contribution in [0.15, 0.2) is 0 Å². The van der Waals surface area contributed by atoms with Gasteiger partial charge in [0.15, 0.2) is 0 Å². The Morgan fingerprint density at radius 3 is 1.32 bits per heavy atom. The van der Waals surface area contributed by atoms with Gasteiger partial charge in [-0.05, 0) is 25.7 Å². The number of hydrogen-bond donors (Lipinski definition) is 1. The molecule has 0 aromatic carbocycles. The van der Waals surface area contributed by atoms with Crippen molar-refractivity contribution in [1.82, 2.24) is 0 Å². The van der Waals surface area contributed by atoms with Crippen LogP contribution in [0.1, 0.15) is 174 Å². The third kappa shape index (κ3) is 25.6. The Bertz CT molecular complexity index is 449. The van der Waals surface area contributed by atoms with Gasteiger partial charge in [-0.2, -0.15) is 0 Å². The summed E-state index contributed by atoms with van der Waals surface area (Å²) in [5.74, 6) is -0.892. The fourth-order valence-electron chi connectivity index (χ4n) is 4.66. The molecule has 0 fully saturated rings. The van der Waals surface area contributed by atoms with Crippen molar-refractivity contribution in [1.29, 1.82) is 0 Å². The van der Waals surface area contributed by atoms with Gasteiger partial charge >= 0.3 is 11.9 Å². The van der Waals surface area contributed by atoms with Crippen molar-refractivity contribution < 1.29 is 19.4 Å². The summed E-state index contributed by atoms with van der Waals surface area (Å²) in [6, 6.07) is 0. The van der Waals surface area contributed by atoms with Gasteiger partial charge in [0, 0.05) is 12.8 Å². The molecule has 0 heterocycles. The molecule has 4 nitrogen and oxygen atoms in total. The van der Waals surface area contributed by atoms with Gasteiger partial charge in [-0.15, -0.1) is 0 Å². The minimum Gasteiger partial charge on any atom is -0.481 e. The first-order valence-corrected chi connectivity index (χ1v) is 15.0. The van der Waals surface area contributed by atoms with Gasteiger partial charge in [-0.3, -0.25) is 9.59 Å². The van der Waals surface area contributed by atoms with Crippen molar-refractivity contribution in [3.8, 4) is 0 Å². The highest BCUT2D eigenvalue weighted by molar-refractivity contribution is 5.69. The van der Waals surface area contributed by atoms with Gasteiger partial charge in [-0.1, -0.05) is 136 Å². The maximum Gasteiger partial charge on any atom is 0.306 e. The van der Waals surface area contributed by atoms with E-state index in [1.165, 1.54) is 109 Å². The minimum absolute atomic E-state index is 0.110. The van der Waals surface area contributed by atoms with E-state index in [0.717, 1.165) is 25.7 Å². The molecule has 1 unspecified atom stereocenters. The van der Waals surface area contributed by atoms with Gasteiger partial charge in [0.1, 0.15) is 6.10 Å². The Morgan fingerprint density at radius 1 is 0.529 bits per heavy atom. The number of carboxylic acids is 1. The first-order chi connectivity index (χ1) is 16.6. The van der Waals surface area contributed by atoms with Crippen molar-refractivity contribution >= 4 is 11.9 Å². The highest BCUT2D eigenvalue weighted by Crippen LogP contribution is 2.16. The van der Waals surface area contributed by atoms with E-state index >= 15 is 0 Å². The minimum atomic E-state index is -0.782. The summed E-state index contributed by atoms with van der Waals surface area (Å²) in [7, 11) is 0. The highest BCUT2D eigenvalue weighted by atomic mass is 16.5. The predicted octanol–water partition coefficient (Wildman–Crippen LogP) is 9.78. The van der Waals surface area contributed by atoms with E-state index in [0.29, 0.717) is 19.3 Å². The second kappa shape index (κ2) is 26.5. The number of hydrogen-bond acceptors (Lipinski definition) is 3. The summed E-state index contributed by atoms with van der Waals surface area (Å²) in [5.41, 5.74) is 0. The summed E-state index contributed by atoms with van der Waals surface area (Å²) in [6.07, 6.45) is 29.2. The molecule has 0 rings (SSSR count). The molecule has 0 aromatic heterocycles. The standard InChI is InChI=1S/C30H58O4/c1-3-5-6-7-8-9-10-11-12-13-14-15-16-17-18-19-20-21-22-27-30(33)34-28(24-4-2)25-23-26-29(31)32/h28H,3-27H2,1-2H3,(H,31,32). The second-order valence-corrected chi connectivity index (χ2v) is 10.3. The molecule has 0 spiro atoms. The number of rotatable bonds is 27. The fraction of sp³-hybridized carbons (Fsp3) is 0.933. The number of unbranched alkanes of at least 4 members (excludes halogenated alkanes) is 18. The quantitative estimate of drug-likeness (QED) is 0.0934. The van der Waals surface area contributed by atoms with E-state index in [1.807, 2.05) is 0 Å². The van der Waals surface area contributed by atoms with Crippen LogP contribution in [-0.4, -0.2) is 23.1 Å². The average molecular weight is 483 g/mol. The number of carbonyl (C=O) groups is 2. The first-order valence-electron chi connectivity index (χ1n) is 15.0. The van der Waals surface area contributed by atoms with Crippen LogP contribution in [0.2, 0.25) is 0 Å². The molecule has 0 radical (unpaired) electrons. The maximum atomic E-state index is 12.1. The summed E-state index contributed by atoms with van der Waals surface area (Å²) in [4.78, 5) is 22.7. The Balaban J connectivity index is 3.37. The zero-order chi connectivity index (χ0) is 25.1. The molecule has 0 aliphatic heterocycles. The monoisotopic (exact) mass is 482 g/mol. The normalized spacial score (nSPS) is 12.1. The van der Waals surface area contributed by atoms with Gasteiger partial charge in [0.25, 0.3) is 0 Å². The SMILES string of the molecule is CCCCCCCCCCCCCCCCCCCCCC(=O)OC(CCC)CCCC(=O)O. The highest BCUT2D eigenvalue weighted by Gasteiger charge is 2.14. The van der Waals surface area contributed by atoms with Crippen LogP contribution in [0.3, 0.4) is 0 Å². The van der Waals surface area contributed by atoms with Crippen molar-refractivity contribution in [2.45, 2.75) is 180 Å². The number of carboxylic acid groups (broad SMARTS) is 1. The lowest BCUT2D eigenvalue weighted by molar-refractivity contribution is -0.150.